The first-order valence-corrected chi connectivity index (χ1v) is 6.13. The Hall–Kier alpha value is -1.80. The average Bonchev–Trinajstić information content (AvgIpc) is 2.54. The van der Waals surface area contributed by atoms with Crippen molar-refractivity contribution in [2.45, 2.75) is 12.5 Å². The van der Waals surface area contributed by atoms with E-state index >= 15 is 0 Å². The van der Waals surface area contributed by atoms with E-state index in [1.54, 1.807) is 12.1 Å². The molecule has 0 saturated heterocycles. The number of halogens is 1. The van der Waals surface area contributed by atoms with Gasteiger partial charge in [-0.15, -0.1) is 0 Å². The van der Waals surface area contributed by atoms with E-state index in [1.165, 1.54) is 0 Å². The number of rotatable bonds is 1. The van der Waals surface area contributed by atoms with E-state index in [0.717, 1.165) is 28.7 Å². The molecule has 1 heterocycles. The Balaban J connectivity index is 2.23. The number of ether oxygens (including phenoxy) is 1. The van der Waals surface area contributed by atoms with E-state index in [0.29, 0.717) is 11.6 Å². The Kier molecular flexibility index (Phi) is 2.80. The first-order chi connectivity index (χ1) is 8.79. The molecule has 2 aromatic rings. The van der Waals surface area contributed by atoms with Crippen molar-refractivity contribution in [2.75, 3.05) is 0 Å². The SMILES string of the molecule is O=C[C@@H]1c2ccccc2COc2ccc(Cl)cc21. The van der Waals surface area contributed by atoms with Crippen LogP contribution < -0.4 is 4.74 Å². The van der Waals surface area contributed by atoms with Gasteiger partial charge in [0, 0.05) is 10.6 Å². The van der Waals surface area contributed by atoms with Crippen molar-refractivity contribution in [2.24, 2.45) is 0 Å². The second-order valence-electron chi connectivity index (χ2n) is 4.28. The van der Waals surface area contributed by atoms with Crippen LogP contribution in [0.25, 0.3) is 0 Å². The molecule has 0 unspecified atom stereocenters. The summed E-state index contributed by atoms with van der Waals surface area (Å²) in [6.45, 7) is 0.481. The minimum absolute atomic E-state index is 0.308. The predicted molar refractivity (Wildman–Crippen MR) is 70.1 cm³/mol. The van der Waals surface area contributed by atoms with Gasteiger partial charge in [0.15, 0.2) is 0 Å². The molecule has 18 heavy (non-hydrogen) atoms. The number of fused-ring (bicyclic) bond motifs is 2. The third-order valence-corrected chi connectivity index (χ3v) is 3.45. The molecule has 0 bridgehead atoms. The van der Waals surface area contributed by atoms with E-state index in [4.69, 9.17) is 16.3 Å². The summed E-state index contributed by atoms with van der Waals surface area (Å²) in [7, 11) is 0. The highest BCUT2D eigenvalue weighted by atomic mass is 35.5. The maximum Gasteiger partial charge on any atom is 0.132 e. The molecule has 0 aliphatic carbocycles. The van der Waals surface area contributed by atoms with Crippen LogP contribution in [-0.4, -0.2) is 6.29 Å². The summed E-state index contributed by atoms with van der Waals surface area (Å²) < 4.78 is 5.74. The Morgan fingerprint density at radius 2 is 2.00 bits per heavy atom. The van der Waals surface area contributed by atoms with Crippen molar-refractivity contribution in [1.29, 1.82) is 0 Å². The Morgan fingerprint density at radius 3 is 2.83 bits per heavy atom. The van der Waals surface area contributed by atoms with Gasteiger partial charge in [-0.05, 0) is 29.3 Å². The van der Waals surface area contributed by atoms with Crippen LogP contribution in [0.15, 0.2) is 42.5 Å². The Bertz CT molecular complexity index is 607. The molecular formula is C15H11ClO2. The largest absolute Gasteiger partial charge is 0.489 e. The van der Waals surface area contributed by atoms with Gasteiger partial charge in [-0.25, -0.2) is 0 Å². The Morgan fingerprint density at radius 1 is 1.17 bits per heavy atom. The number of aldehydes is 1. The molecule has 1 aliphatic heterocycles. The summed E-state index contributed by atoms with van der Waals surface area (Å²) in [5.74, 6) is 0.421. The molecule has 1 atom stereocenters. The van der Waals surface area contributed by atoms with Crippen LogP contribution in [0.4, 0.5) is 0 Å². The number of hydrogen-bond donors (Lipinski definition) is 0. The van der Waals surface area contributed by atoms with Crippen molar-refractivity contribution in [1.82, 2.24) is 0 Å². The summed E-state index contributed by atoms with van der Waals surface area (Å²) in [4.78, 5) is 11.5. The van der Waals surface area contributed by atoms with Crippen LogP contribution in [-0.2, 0) is 11.4 Å². The molecule has 0 saturated carbocycles. The zero-order chi connectivity index (χ0) is 12.5. The highest BCUT2D eigenvalue weighted by Crippen LogP contribution is 2.37. The quantitative estimate of drug-likeness (QED) is 0.731. The topological polar surface area (TPSA) is 26.3 Å². The lowest BCUT2D eigenvalue weighted by molar-refractivity contribution is -0.108. The number of hydrogen-bond acceptors (Lipinski definition) is 2. The van der Waals surface area contributed by atoms with E-state index in [2.05, 4.69) is 0 Å². The fourth-order valence-corrected chi connectivity index (χ4v) is 2.51. The molecule has 3 rings (SSSR count). The fourth-order valence-electron chi connectivity index (χ4n) is 2.33. The number of benzene rings is 2. The maximum absolute atomic E-state index is 11.5. The van der Waals surface area contributed by atoms with Crippen LogP contribution >= 0.6 is 11.6 Å². The van der Waals surface area contributed by atoms with Gasteiger partial charge >= 0.3 is 0 Å². The van der Waals surface area contributed by atoms with E-state index in [-0.39, 0.29) is 5.92 Å². The standard InChI is InChI=1S/C15H11ClO2/c16-11-5-6-15-13(7-11)14(8-17)12-4-2-1-3-10(12)9-18-15/h1-8,14H,9H2/t14-/m1/s1. The van der Waals surface area contributed by atoms with Gasteiger partial charge in [-0.2, -0.15) is 0 Å². The van der Waals surface area contributed by atoms with Crippen molar-refractivity contribution in [3.05, 3.63) is 64.2 Å². The first-order valence-electron chi connectivity index (χ1n) is 5.75. The van der Waals surface area contributed by atoms with Crippen molar-refractivity contribution < 1.29 is 9.53 Å². The summed E-state index contributed by atoms with van der Waals surface area (Å²) in [6, 6.07) is 13.2. The molecule has 0 spiro atoms. The van der Waals surface area contributed by atoms with Gasteiger partial charge in [0.05, 0.1) is 5.92 Å². The highest BCUT2D eigenvalue weighted by Gasteiger charge is 2.24. The molecular weight excluding hydrogens is 248 g/mol. The second kappa shape index (κ2) is 4.46. The highest BCUT2D eigenvalue weighted by molar-refractivity contribution is 6.30. The molecule has 0 fully saturated rings. The molecule has 90 valence electrons. The molecule has 3 heteroatoms. The van der Waals surface area contributed by atoms with Crippen LogP contribution in [0.1, 0.15) is 22.6 Å². The van der Waals surface area contributed by atoms with Crippen LogP contribution in [0.3, 0.4) is 0 Å². The molecule has 0 radical (unpaired) electrons. The third-order valence-electron chi connectivity index (χ3n) is 3.22. The van der Waals surface area contributed by atoms with Gasteiger partial charge in [-0.3, -0.25) is 0 Å². The lowest BCUT2D eigenvalue weighted by Crippen LogP contribution is -2.03. The molecule has 0 amide bonds. The van der Waals surface area contributed by atoms with Crippen molar-refractivity contribution >= 4 is 17.9 Å². The zero-order valence-corrected chi connectivity index (χ0v) is 10.4. The molecule has 0 aromatic heterocycles. The van der Waals surface area contributed by atoms with Crippen LogP contribution in [0.2, 0.25) is 5.02 Å². The lowest BCUT2D eigenvalue weighted by Gasteiger charge is -2.12. The van der Waals surface area contributed by atoms with Crippen molar-refractivity contribution in [3.63, 3.8) is 0 Å². The van der Waals surface area contributed by atoms with E-state index in [1.807, 2.05) is 30.3 Å². The average molecular weight is 259 g/mol. The van der Waals surface area contributed by atoms with E-state index in [9.17, 15) is 4.79 Å². The Labute approximate surface area is 110 Å². The van der Waals surface area contributed by atoms with Gasteiger partial charge in [0.25, 0.3) is 0 Å². The van der Waals surface area contributed by atoms with Crippen LogP contribution in [0.5, 0.6) is 5.75 Å². The minimum Gasteiger partial charge on any atom is -0.489 e. The molecule has 2 aromatic carbocycles. The minimum atomic E-state index is -0.308. The zero-order valence-electron chi connectivity index (χ0n) is 9.60. The second-order valence-corrected chi connectivity index (χ2v) is 4.72. The van der Waals surface area contributed by atoms with Crippen molar-refractivity contribution in [3.8, 4) is 5.75 Å². The first kappa shape index (κ1) is 11.3. The summed E-state index contributed by atoms with van der Waals surface area (Å²) in [5.41, 5.74) is 2.87. The predicted octanol–water partition coefficient (Wildman–Crippen LogP) is 3.56. The normalized spacial score (nSPS) is 17.1. The third kappa shape index (κ3) is 1.79. The maximum atomic E-state index is 11.5. The monoisotopic (exact) mass is 258 g/mol. The molecule has 0 N–H and O–H groups in total. The van der Waals surface area contributed by atoms with Gasteiger partial charge in [0.2, 0.25) is 0 Å². The fraction of sp³-hybridized carbons (Fsp3) is 0.133. The smallest absolute Gasteiger partial charge is 0.132 e. The van der Waals surface area contributed by atoms with E-state index < -0.39 is 0 Å². The summed E-state index contributed by atoms with van der Waals surface area (Å²) in [6.07, 6.45) is 0.947. The summed E-state index contributed by atoms with van der Waals surface area (Å²) >= 11 is 6.01. The lowest BCUT2D eigenvalue weighted by atomic mass is 9.90. The molecule has 1 aliphatic rings. The summed E-state index contributed by atoms with van der Waals surface area (Å²) in [5, 5.41) is 0.614. The number of carbonyl (C=O) groups is 1. The van der Waals surface area contributed by atoms with Gasteiger partial charge in [0.1, 0.15) is 18.6 Å². The number of carbonyl (C=O) groups excluding carboxylic acids is 1. The van der Waals surface area contributed by atoms with Gasteiger partial charge in [-0.1, -0.05) is 35.9 Å². The molecule has 2 nitrogen and oxygen atoms in total. The van der Waals surface area contributed by atoms with Crippen LogP contribution in [0, 0.1) is 0 Å². The van der Waals surface area contributed by atoms with Gasteiger partial charge < -0.3 is 9.53 Å².